The van der Waals surface area contributed by atoms with Crippen molar-refractivity contribution in [3.63, 3.8) is 0 Å². The molecule has 0 aliphatic rings. The van der Waals surface area contributed by atoms with E-state index in [0.717, 1.165) is 11.1 Å². The highest BCUT2D eigenvalue weighted by atomic mass is 35.5. The minimum Gasteiger partial charge on any atom is -0.459 e. The number of nitrogens with one attached hydrogen (secondary N) is 1. The second kappa shape index (κ2) is 6.85. The molecule has 128 valence electrons. The van der Waals surface area contributed by atoms with Crippen LogP contribution >= 0.6 is 11.6 Å². The summed E-state index contributed by atoms with van der Waals surface area (Å²) in [7, 11) is 0. The van der Waals surface area contributed by atoms with Crippen LogP contribution in [0.2, 0.25) is 5.02 Å². The van der Waals surface area contributed by atoms with E-state index in [0.29, 0.717) is 22.4 Å². The van der Waals surface area contributed by atoms with Crippen LogP contribution in [0.4, 0.5) is 5.69 Å². The molecule has 7 heteroatoms. The molecular weight excluding hydrogens is 354 g/mol. The van der Waals surface area contributed by atoms with Crippen molar-refractivity contribution in [1.29, 1.82) is 0 Å². The molecule has 1 amide bonds. The molecule has 0 atom stereocenters. The number of carbonyl (C=O) groups is 1. The highest BCUT2D eigenvalue weighted by Gasteiger charge is 2.12. The number of aromatic nitrogens is 2. The summed E-state index contributed by atoms with van der Waals surface area (Å²) in [4.78, 5) is 16.3. The van der Waals surface area contributed by atoms with Crippen LogP contribution in [0, 0.1) is 0 Å². The van der Waals surface area contributed by atoms with E-state index >= 15 is 0 Å². The lowest BCUT2D eigenvalue weighted by Gasteiger charge is -2.03. The van der Waals surface area contributed by atoms with E-state index in [-0.39, 0.29) is 11.7 Å². The molecule has 0 spiro atoms. The van der Waals surface area contributed by atoms with Gasteiger partial charge in [-0.2, -0.15) is 4.98 Å². The van der Waals surface area contributed by atoms with E-state index in [1.807, 2.05) is 12.1 Å². The normalized spacial score (nSPS) is 10.7. The van der Waals surface area contributed by atoms with E-state index in [2.05, 4.69) is 15.5 Å². The first-order chi connectivity index (χ1) is 12.7. The first-order valence-electron chi connectivity index (χ1n) is 7.74. The third-order valence-corrected chi connectivity index (χ3v) is 3.88. The second-order valence-electron chi connectivity index (χ2n) is 5.44. The van der Waals surface area contributed by atoms with Gasteiger partial charge in [-0.1, -0.05) is 22.8 Å². The van der Waals surface area contributed by atoms with Crippen LogP contribution in [0.5, 0.6) is 0 Å². The molecule has 4 rings (SSSR count). The van der Waals surface area contributed by atoms with Crippen LogP contribution in [-0.2, 0) is 0 Å². The quantitative estimate of drug-likeness (QED) is 0.556. The number of furan rings is 1. The zero-order valence-corrected chi connectivity index (χ0v) is 14.1. The van der Waals surface area contributed by atoms with Gasteiger partial charge in [0.15, 0.2) is 5.76 Å². The number of rotatable bonds is 4. The molecule has 6 nitrogen and oxygen atoms in total. The largest absolute Gasteiger partial charge is 0.459 e. The number of hydrogen-bond acceptors (Lipinski definition) is 5. The Labute approximate surface area is 153 Å². The van der Waals surface area contributed by atoms with Crippen molar-refractivity contribution in [3.8, 4) is 22.8 Å². The molecule has 0 saturated heterocycles. The van der Waals surface area contributed by atoms with Gasteiger partial charge in [0.2, 0.25) is 5.82 Å². The van der Waals surface area contributed by atoms with Crippen molar-refractivity contribution in [3.05, 3.63) is 77.7 Å². The van der Waals surface area contributed by atoms with Crippen LogP contribution in [0.25, 0.3) is 22.8 Å². The van der Waals surface area contributed by atoms with Gasteiger partial charge in [-0.15, -0.1) is 0 Å². The first-order valence-corrected chi connectivity index (χ1v) is 8.12. The molecular formula is C19H12ClN3O3. The molecule has 2 aromatic carbocycles. The highest BCUT2D eigenvalue weighted by Crippen LogP contribution is 2.25. The van der Waals surface area contributed by atoms with E-state index in [4.69, 9.17) is 20.5 Å². The number of halogens is 1. The van der Waals surface area contributed by atoms with Crippen molar-refractivity contribution in [2.24, 2.45) is 0 Å². The van der Waals surface area contributed by atoms with E-state index in [9.17, 15) is 4.79 Å². The summed E-state index contributed by atoms with van der Waals surface area (Å²) in [5.74, 6) is 0.769. The molecule has 26 heavy (non-hydrogen) atoms. The van der Waals surface area contributed by atoms with E-state index in [1.54, 1.807) is 48.5 Å². The summed E-state index contributed by atoms with van der Waals surface area (Å²) in [5.41, 5.74) is 2.14. The van der Waals surface area contributed by atoms with Crippen LogP contribution in [0.3, 0.4) is 0 Å². The van der Waals surface area contributed by atoms with Crippen molar-refractivity contribution in [1.82, 2.24) is 10.1 Å². The fraction of sp³-hybridized carbons (Fsp3) is 0. The van der Waals surface area contributed by atoms with Crippen molar-refractivity contribution in [2.75, 3.05) is 5.32 Å². The van der Waals surface area contributed by atoms with Crippen LogP contribution < -0.4 is 5.32 Å². The number of amides is 1. The van der Waals surface area contributed by atoms with Gasteiger partial charge in [0.25, 0.3) is 11.8 Å². The summed E-state index contributed by atoms with van der Waals surface area (Å²) < 4.78 is 10.4. The summed E-state index contributed by atoms with van der Waals surface area (Å²) in [6.07, 6.45) is 1.45. The third-order valence-electron chi connectivity index (χ3n) is 3.64. The second-order valence-corrected chi connectivity index (χ2v) is 5.88. The Kier molecular flexibility index (Phi) is 4.25. The minimum atomic E-state index is -0.314. The molecule has 4 aromatic rings. The molecule has 0 aliphatic heterocycles. The number of nitrogens with zero attached hydrogens (tertiary/aromatic N) is 2. The Morgan fingerprint density at radius 3 is 2.58 bits per heavy atom. The van der Waals surface area contributed by atoms with Crippen molar-refractivity contribution < 1.29 is 13.7 Å². The molecule has 1 N–H and O–H groups in total. The number of hydrogen-bond donors (Lipinski definition) is 1. The molecule has 0 unspecified atom stereocenters. The molecule has 0 aliphatic carbocycles. The fourth-order valence-electron chi connectivity index (χ4n) is 2.38. The fourth-order valence-corrected chi connectivity index (χ4v) is 2.57. The van der Waals surface area contributed by atoms with E-state index < -0.39 is 0 Å². The lowest BCUT2D eigenvalue weighted by Crippen LogP contribution is -2.10. The highest BCUT2D eigenvalue weighted by molar-refractivity contribution is 6.30. The van der Waals surface area contributed by atoms with Gasteiger partial charge in [0, 0.05) is 21.8 Å². The van der Waals surface area contributed by atoms with Crippen molar-refractivity contribution in [2.45, 2.75) is 0 Å². The van der Waals surface area contributed by atoms with E-state index in [1.165, 1.54) is 6.26 Å². The topological polar surface area (TPSA) is 81.2 Å². The Bertz CT molecular complexity index is 1040. The molecule has 2 aromatic heterocycles. The maximum absolute atomic E-state index is 12.0. The van der Waals surface area contributed by atoms with Gasteiger partial charge < -0.3 is 14.3 Å². The van der Waals surface area contributed by atoms with Crippen molar-refractivity contribution >= 4 is 23.2 Å². The Morgan fingerprint density at radius 1 is 1.00 bits per heavy atom. The van der Waals surface area contributed by atoms with Crippen LogP contribution in [0.1, 0.15) is 10.6 Å². The van der Waals surface area contributed by atoms with Crippen LogP contribution in [0.15, 0.2) is 75.9 Å². The Balaban J connectivity index is 1.51. The zero-order chi connectivity index (χ0) is 17.9. The molecule has 0 saturated carbocycles. The van der Waals surface area contributed by atoms with Crippen LogP contribution in [-0.4, -0.2) is 16.0 Å². The molecule has 0 radical (unpaired) electrons. The number of carbonyl (C=O) groups excluding carboxylic acids is 1. The molecule has 0 bridgehead atoms. The maximum atomic E-state index is 12.0. The minimum absolute atomic E-state index is 0.249. The summed E-state index contributed by atoms with van der Waals surface area (Å²) in [6, 6.07) is 17.6. The monoisotopic (exact) mass is 365 g/mol. The summed E-state index contributed by atoms with van der Waals surface area (Å²) in [5, 5.41) is 7.34. The standard InChI is InChI=1S/C19H12ClN3O3/c20-14-4-1-3-13(11-14)19-22-17(23-26-19)12-6-8-15(9-7-12)21-18(24)16-5-2-10-25-16/h1-11H,(H,21,24). The smallest absolute Gasteiger partial charge is 0.291 e. The summed E-state index contributed by atoms with van der Waals surface area (Å²) >= 11 is 5.98. The van der Waals surface area contributed by atoms with Gasteiger partial charge in [-0.05, 0) is 54.6 Å². The lowest BCUT2D eigenvalue weighted by molar-refractivity contribution is 0.0996. The SMILES string of the molecule is O=C(Nc1ccc(-c2noc(-c3cccc(Cl)c3)n2)cc1)c1ccco1. The molecule has 0 fully saturated rings. The summed E-state index contributed by atoms with van der Waals surface area (Å²) in [6.45, 7) is 0. The lowest BCUT2D eigenvalue weighted by atomic mass is 10.2. The van der Waals surface area contributed by atoms with Gasteiger partial charge in [0.05, 0.1) is 6.26 Å². The average Bonchev–Trinajstić information content (AvgIpc) is 3.35. The number of anilines is 1. The first kappa shape index (κ1) is 16.1. The van der Waals surface area contributed by atoms with Gasteiger partial charge in [0.1, 0.15) is 0 Å². The Morgan fingerprint density at radius 2 is 1.85 bits per heavy atom. The predicted molar refractivity (Wildman–Crippen MR) is 96.8 cm³/mol. The van der Waals surface area contributed by atoms with Gasteiger partial charge in [-0.25, -0.2) is 0 Å². The van der Waals surface area contributed by atoms with Gasteiger partial charge >= 0.3 is 0 Å². The number of benzene rings is 2. The third kappa shape index (κ3) is 3.36. The average molecular weight is 366 g/mol. The Hall–Kier alpha value is -3.38. The van der Waals surface area contributed by atoms with Gasteiger partial charge in [-0.3, -0.25) is 4.79 Å². The maximum Gasteiger partial charge on any atom is 0.291 e. The zero-order valence-electron chi connectivity index (χ0n) is 13.3. The predicted octanol–water partition coefficient (Wildman–Crippen LogP) is 4.90. The molecule has 2 heterocycles.